The number of amides is 2. The molecule has 0 fully saturated rings. The highest BCUT2D eigenvalue weighted by molar-refractivity contribution is 5.96. The van der Waals surface area contributed by atoms with E-state index in [4.69, 9.17) is 0 Å². The number of nitrogens with one attached hydrogen (secondary N) is 2. The summed E-state index contributed by atoms with van der Waals surface area (Å²) in [7, 11) is 1.89. The number of aryl methyl sites for hydroxylation is 3. The van der Waals surface area contributed by atoms with Crippen molar-refractivity contribution in [3.63, 3.8) is 0 Å². The molecule has 2 aromatic carbocycles. The third-order valence-electron chi connectivity index (χ3n) is 5.07. The molecule has 2 aromatic rings. The van der Waals surface area contributed by atoms with Gasteiger partial charge in [0.25, 0.3) is 11.8 Å². The van der Waals surface area contributed by atoms with E-state index < -0.39 is 0 Å². The van der Waals surface area contributed by atoms with E-state index in [0.29, 0.717) is 6.54 Å². The minimum Gasteiger partial charge on any atom is -0.322 e. The van der Waals surface area contributed by atoms with Gasteiger partial charge in [0.1, 0.15) is 0 Å². The van der Waals surface area contributed by atoms with Gasteiger partial charge in [-0.2, -0.15) is 0 Å². The molecular formula is C22H28N3O2+. The number of likely N-dealkylation sites (N-methyl/N-ethyl adjacent to an activating group) is 1. The molecule has 2 N–H and O–H groups in total. The van der Waals surface area contributed by atoms with Gasteiger partial charge in [0.2, 0.25) is 0 Å². The largest absolute Gasteiger partial charge is 0.322 e. The van der Waals surface area contributed by atoms with Gasteiger partial charge in [0.15, 0.2) is 13.1 Å². The molecule has 2 amide bonds. The summed E-state index contributed by atoms with van der Waals surface area (Å²) in [6.45, 7) is 5.27. The van der Waals surface area contributed by atoms with Gasteiger partial charge in [-0.25, -0.2) is 0 Å². The summed E-state index contributed by atoms with van der Waals surface area (Å²) in [5, 5.41) is 2.99. The van der Waals surface area contributed by atoms with Crippen molar-refractivity contribution in [1.29, 1.82) is 0 Å². The fourth-order valence-corrected chi connectivity index (χ4v) is 3.68. The van der Waals surface area contributed by atoms with Crippen molar-refractivity contribution in [2.75, 3.05) is 36.9 Å². The molecule has 0 bridgehead atoms. The van der Waals surface area contributed by atoms with Crippen LogP contribution in [0.5, 0.6) is 0 Å². The summed E-state index contributed by atoms with van der Waals surface area (Å²) in [6.07, 6.45) is 2.00. The Bertz CT molecular complexity index is 827. The van der Waals surface area contributed by atoms with Crippen LogP contribution in [0.25, 0.3) is 0 Å². The molecule has 0 radical (unpaired) electrons. The molecule has 0 saturated heterocycles. The summed E-state index contributed by atoms with van der Waals surface area (Å²) in [6, 6.07) is 14.0. The Kier molecular flexibility index (Phi) is 5.91. The molecule has 1 aliphatic heterocycles. The Morgan fingerprint density at radius 2 is 1.74 bits per heavy atom. The summed E-state index contributed by atoms with van der Waals surface area (Å²) >= 11 is 0. The molecule has 1 unspecified atom stereocenters. The number of hydrogen-bond acceptors (Lipinski definition) is 2. The SMILES string of the molecule is Cc1cccc(C)c1NC(=O)C[NH+](C)CC(=O)N1CCCc2ccccc21. The van der Waals surface area contributed by atoms with Crippen LogP contribution in [0.4, 0.5) is 11.4 Å². The summed E-state index contributed by atoms with van der Waals surface area (Å²) in [5.74, 6) is -0.00346. The summed E-state index contributed by atoms with van der Waals surface area (Å²) in [5.41, 5.74) is 5.19. The third-order valence-corrected chi connectivity index (χ3v) is 5.07. The van der Waals surface area contributed by atoms with Gasteiger partial charge in [0, 0.05) is 17.9 Å². The van der Waals surface area contributed by atoms with Crippen LogP contribution < -0.4 is 15.1 Å². The van der Waals surface area contributed by atoms with E-state index in [2.05, 4.69) is 11.4 Å². The zero-order chi connectivity index (χ0) is 19.4. The van der Waals surface area contributed by atoms with E-state index in [1.54, 1.807) is 0 Å². The lowest BCUT2D eigenvalue weighted by atomic mass is 10.0. The number of carbonyl (C=O) groups excluding carboxylic acids is 2. The lowest BCUT2D eigenvalue weighted by molar-refractivity contribution is -0.862. The van der Waals surface area contributed by atoms with Crippen molar-refractivity contribution >= 4 is 23.2 Å². The standard InChI is InChI=1S/C22H27N3O2/c1-16-8-6-9-17(2)22(16)23-20(26)14-24(3)15-21(27)25-13-7-11-18-10-4-5-12-19(18)25/h4-6,8-10,12H,7,11,13-15H2,1-3H3,(H,23,26)/p+1. The number of anilines is 2. The molecule has 0 aromatic heterocycles. The molecule has 142 valence electrons. The first-order valence-electron chi connectivity index (χ1n) is 9.51. The molecule has 0 saturated carbocycles. The Balaban J connectivity index is 1.59. The second-order valence-electron chi connectivity index (χ2n) is 7.40. The van der Waals surface area contributed by atoms with Crippen molar-refractivity contribution in [1.82, 2.24) is 0 Å². The van der Waals surface area contributed by atoms with E-state index in [9.17, 15) is 9.59 Å². The van der Waals surface area contributed by atoms with Crippen molar-refractivity contribution in [2.45, 2.75) is 26.7 Å². The van der Waals surface area contributed by atoms with E-state index in [0.717, 1.165) is 46.8 Å². The number of fused-ring (bicyclic) bond motifs is 1. The van der Waals surface area contributed by atoms with Crippen LogP contribution in [0, 0.1) is 13.8 Å². The number of hydrogen-bond donors (Lipinski definition) is 2. The fraction of sp³-hybridized carbons (Fsp3) is 0.364. The summed E-state index contributed by atoms with van der Waals surface area (Å²) < 4.78 is 0. The predicted octanol–water partition coefficient (Wildman–Crippen LogP) is 1.74. The predicted molar refractivity (Wildman–Crippen MR) is 108 cm³/mol. The molecular weight excluding hydrogens is 338 g/mol. The minimum absolute atomic E-state index is 0.0690. The van der Waals surface area contributed by atoms with Gasteiger partial charge in [-0.1, -0.05) is 36.4 Å². The first kappa shape index (κ1) is 19.1. The van der Waals surface area contributed by atoms with Crippen molar-refractivity contribution in [3.05, 3.63) is 59.2 Å². The minimum atomic E-state index is -0.0725. The number of para-hydroxylation sites is 2. The first-order valence-corrected chi connectivity index (χ1v) is 9.51. The molecule has 1 atom stereocenters. The van der Waals surface area contributed by atoms with E-state index >= 15 is 0 Å². The molecule has 0 aliphatic carbocycles. The average molecular weight is 366 g/mol. The van der Waals surface area contributed by atoms with Gasteiger partial charge >= 0.3 is 0 Å². The lowest BCUT2D eigenvalue weighted by Crippen LogP contribution is -3.11. The Hall–Kier alpha value is -2.66. The lowest BCUT2D eigenvalue weighted by Gasteiger charge is -2.29. The number of rotatable bonds is 5. The second-order valence-corrected chi connectivity index (χ2v) is 7.40. The maximum Gasteiger partial charge on any atom is 0.282 e. The molecule has 1 heterocycles. The van der Waals surface area contributed by atoms with Gasteiger partial charge < -0.3 is 15.1 Å². The average Bonchev–Trinajstić information content (AvgIpc) is 2.64. The van der Waals surface area contributed by atoms with Gasteiger partial charge in [-0.15, -0.1) is 0 Å². The zero-order valence-corrected chi connectivity index (χ0v) is 16.3. The van der Waals surface area contributed by atoms with Crippen molar-refractivity contribution in [2.24, 2.45) is 0 Å². The number of carbonyl (C=O) groups is 2. The monoisotopic (exact) mass is 366 g/mol. The van der Waals surface area contributed by atoms with E-state index in [1.165, 1.54) is 5.56 Å². The van der Waals surface area contributed by atoms with E-state index in [1.807, 2.05) is 62.2 Å². The van der Waals surface area contributed by atoms with Crippen LogP contribution in [0.1, 0.15) is 23.1 Å². The van der Waals surface area contributed by atoms with Crippen LogP contribution in [-0.2, 0) is 16.0 Å². The molecule has 3 rings (SSSR count). The van der Waals surface area contributed by atoms with Gasteiger partial charge in [-0.05, 0) is 49.4 Å². The van der Waals surface area contributed by atoms with Crippen LogP contribution >= 0.6 is 0 Å². The maximum atomic E-state index is 12.8. The molecule has 1 aliphatic rings. The van der Waals surface area contributed by atoms with Gasteiger partial charge in [0.05, 0.1) is 7.05 Å². The first-order chi connectivity index (χ1) is 13.0. The second kappa shape index (κ2) is 8.35. The van der Waals surface area contributed by atoms with Crippen molar-refractivity contribution < 1.29 is 14.5 Å². The molecule has 5 nitrogen and oxygen atoms in total. The Morgan fingerprint density at radius 3 is 2.48 bits per heavy atom. The quantitative estimate of drug-likeness (QED) is 0.847. The molecule has 0 spiro atoms. The van der Waals surface area contributed by atoms with E-state index in [-0.39, 0.29) is 18.4 Å². The van der Waals surface area contributed by atoms with Gasteiger partial charge in [-0.3, -0.25) is 9.59 Å². The zero-order valence-electron chi connectivity index (χ0n) is 16.3. The van der Waals surface area contributed by atoms with Crippen LogP contribution in [0.3, 0.4) is 0 Å². The fourth-order valence-electron chi connectivity index (χ4n) is 3.68. The normalized spacial score (nSPS) is 14.4. The third kappa shape index (κ3) is 4.55. The Labute approximate surface area is 161 Å². The van der Waals surface area contributed by atoms with Crippen LogP contribution in [0.2, 0.25) is 0 Å². The summed E-state index contributed by atoms with van der Waals surface area (Å²) in [4.78, 5) is 28.0. The number of quaternary nitrogens is 1. The maximum absolute atomic E-state index is 12.8. The number of nitrogens with zero attached hydrogens (tertiary/aromatic N) is 1. The highest BCUT2D eigenvalue weighted by atomic mass is 16.2. The number of benzene rings is 2. The highest BCUT2D eigenvalue weighted by Gasteiger charge is 2.25. The van der Waals surface area contributed by atoms with Crippen LogP contribution in [0.15, 0.2) is 42.5 Å². The Morgan fingerprint density at radius 1 is 1.04 bits per heavy atom. The van der Waals surface area contributed by atoms with Crippen molar-refractivity contribution in [3.8, 4) is 0 Å². The molecule has 5 heteroatoms. The smallest absolute Gasteiger partial charge is 0.282 e. The topological polar surface area (TPSA) is 53.9 Å². The molecule has 27 heavy (non-hydrogen) atoms. The highest BCUT2D eigenvalue weighted by Crippen LogP contribution is 2.26. The van der Waals surface area contributed by atoms with Crippen LogP contribution in [-0.4, -0.2) is 38.5 Å².